The van der Waals surface area contributed by atoms with E-state index in [2.05, 4.69) is 45.8 Å². The van der Waals surface area contributed by atoms with Gasteiger partial charge in [0, 0.05) is 11.1 Å². The summed E-state index contributed by atoms with van der Waals surface area (Å²) in [6, 6.07) is 10.2. The molecule has 0 aliphatic heterocycles. The second-order valence-corrected chi connectivity index (χ2v) is 6.06. The number of para-hydroxylation sites is 1. The van der Waals surface area contributed by atoms with Crippen LogP contribution in [0, 0.1) is 11.6 Å². The third-order valence-corrected chi connectivity index (χ3v) is 4.87. The first-order valence-electron chi connectivity index (χ1n) is 6.75. The van der Waals surface area contributed by atoms with E-state index in [0.717, 1.165) is 33.2 Å². The van der Waals surface area contributed by atoms with Crippen LogP contribution in [-0.2, 0) is 6.42 Å². The number of aromatic nitrogens is 3. The van der Waals surface area contributed by atoms with Crippen molar-refractivity contribution in [2.45, 2.75) is 20.3 Å². The zero-order valence-electron chi connectivity index (χ0n) is 11.8. The third kappa shape index (κ3) is 2.63. The van der Waals surface area contributed by atoms with Crippen molar-refractivity contribution in [3.63, 3.8) is 0 Å². The number of fused-ring (bicyclic) bond motifs is 1. The molecule has 1 N–H and O–H groups in total. The Morgan fingerprint density at radius 2 is 2.00 bits per heavy atom. The number of hydrogen-bond acceptors (Lipinski definition) is 3. The minimum atomic E-state index is 0.563. The lowest BCUT2D eigenvalue weighted by Gasteiger charge is -2.09. The maximum atomic E-state index is 5.32. The molecule has 0 unspecified atom stereocenters. The highest BCUT2D eigenvalue weighted by molar-refractivity contribution is 9.10. The van der Waals surface area contributed by atoms with E-state index in [1.54, 1.807) is 0 Å². The average Bonchev–Trinajstić information content (AvgIpc) is 2.50. The van der Waals surface area contributed by atoms with E-state index in [9.17, 15) is 0 Å². The summed E-state index contributed by atoms with van der Waals surface area (Å²) in [7, 11) is 0. The molecule has 5 heteroatoms. The molecule has 0 saturated carbocycles. The Labute approximate surface area is 136 Å². The van der Waals surface area contributed by atoms with Crippen molar-refractivity contribution in [2.75, 3.05) is 0 Å². The second-order valence-electron chi connectivity index (χ2n) is 4.88. The molecule has 106 valence electrons. The van der Waals surface area contributed by atoms with Crippen molar-refractivity contribution < 1.29 is 0 Å². The van der Waals surface area contributed by atoms with E-state index < -0.39 is 0 Å². The van der Waals surface area contributed by atoms with Gasteiger partial charge in [0.05, 0.1) is 9.99 Å². The van der Waals surface area contributed by atoms with Gasteiger partial charge in [-0.2, -0.15) is 0 Å². The van der Waals surface area contributed by atoms with Crippen molar-refractivity contribution in [3.8, 4) is 11.5 Å². The smallest absolute Gasteiger partial charge is 0.157 e. The first-order valence-corrected chi connectivity index (χ1v) is 7.95. The molecule has 3 nitrogen and oxygen atoms in total. The summed E-state index contributed by atoms with van der Waals surface area (Å²) in [6.07, 6.45) is 0.853. The van der Waals surface area contributed by atoms with Gasteiger partial charge in [-0.05, 0) is 47.0 Å². The zero-order chi connectivity index (χ0) is 15.0. The first kappa shape index (κ1) is 14.4. The number of hydrogen-bond donors (Lipinski definition) is 1. The minimum Gasteiger partial charge on any atom is -0.341 e. The van der Waals surface area contributed by atoms with E-state index in [1.165, 1.54) is 5.56 Å². The third-order valence-electron chi connectivity index (χ3n) is 3.45. The van der Waals surface area contributed by atoms with Gasteiger partial charge in [0.25, 0.3) is 0 Å². The molecule has 0 aliphatic rings. The molecule has 0 atom stereocenters. The van der Waals surface area contributed by atoms with Crippen molar-refractivity contribution in [2.24, 2.45) is 0 Å². The van der Waals surface area contributed by atoms with Gasteiger partial charge in [-0.15, -0.1) is 0 Å². The number of pyridine rings is 1. The minimum absolute atomic E-state index is 0.563. The molecule has 0 aliphatic carbocycles. The Bertz CT molecular complexity index is 886. The van der Waals surface area contributed by atoms with Crippen LogP contribution in [0.5, 0.6) is 0 Å². The van der Waals surface area contributed by atoms with Crippen molar-refractivity contribution in [1.82, 2.24) is 15.0 Å². The van der Waals surface area contributed by atoms with Gasteiger partial charge >= 0.3 is 0 Å². The molecular formula is C16H14BrN3S. The Morgan fingerprint density at radius 1 is 1.24 bits per heavy atom. The van der Waals surface area contributed by atoms with E-state index in [4.69, 9.17) is 17.2 Å². The first-order chi connectivity index (χ1) is 10.1. The number of nitrogens with zero attached hydrogens (tertiary/aromatic N) is 2. The quantitative estimate of drug-likeness (QED) is 0.655. The molecule has 0 radical (unpaired) electrons. The average molecular weight is 360 g/mol. The van der Waals surface area contributed by atoms with Crippen molar-refractivity contribution in [1.29, 1.82) is 0 Å². The summed E-state index contributed by atoms with van der Waals surface area (Å²) in [5.74, 6) is 0.717. The zero-order valence-corrected chi connectivity index (χ0v) is 14.2. The van der Waals surface area contributed by atoms with E-state index in [0.29, 0.717) is 10.5 Å². The Morgan fingerprint density at radius 3 is 2.76 bits per heavy atom. The maximum absolute atomic E-state index is 5.32. The fraction of sp³-hybridized carbons (Fsp3) is 0.188. The predicted octanol–water partition coefficient (Wildman–Crippen LogP) is 4.99. The van der Waals surface area contributed by atoms with Crippen LogP contribution < -0.4 is 0 Å². The second kappa shape index (κ2) is 5.66. The molecule has 0 spiro atoms. The van der Waals surface area contributed by atoms with Gasteiger partial charge in [-0.1, -0.05) is 37.3 Å². The normalized spacial score (nSPS) is 11.0. The topological polar surface area (TPSA) is 41.6 Å². The van der Waals surface area contributed by atoms with Gasteiger partial charge in [-0.25, -0.2) is 9.97 Å². The number of H-pyrrole nitrogens is 1. The Hall–Kier alpha value is -1.59. The number of aryl methyl sites for hydroxylation is 2. The summed E-state index contributed by atoms with van der Waals surface area (Å²) in [6.45, 7) is 4.16. The number of nitrogens with one attached hydrogen (secondary N) is 1. The summed E-state index contributed by atoms with van der Waals surface area (Å²) in [5.41, 5.74) is 4.00. The fourth-order valence-electron chi connectivity index (χ4n) is 2.34. The number of aromatic amines is 1. The lowest BCUT2D eigenvalue weighted by Crippen LogP contribution is -1.99. The van der Waals surface area contributed by atoms with E-state index in [1.807, 2.05) is 24.3 Å². The van der Waals surface area contributed by atoms with Crippen LogP contribution in [0.15, 0.2) is 34.8 Å². The molecule has 0 amide bonds. The van der Waals surface area contributed by atoms with Crippen LogP contribution in [0.3, 0.4) is 0 Å². The number of rotatable bonds is 2. The molecule has 0 saturated heterocycles. The van der Waals surface area contributed by atoms with Gasteiger partial charge < -0.3 is 4.98 Å². The highest BCUT2D eigenvalue weighted by Crippen LogP contribution is 2.24. The molecule has 2 heterocycles. The van der Waals surface area contributed by atoms with E-state index in [-0.39, 0.29) is 0 Å². The molecule has 2 aromatic heterocycles. The van der Waals surface area contributed by atoms with Crippen LogP contribution >= 0.6 is 28.1 Å². The summed E-state index contributed by atoms with van der Waals surface area (Å²) < 4.78 is 1.43. The maximum Gasteiger partial charge on any atom is 0.157 e. The molecule has 3 rings (SSSR count). The Kier molecular flexibility index (Phi) is 3.87. The molecule has 0 fully saturated rings. The van der Waals surface area contributed by atoms with Gasteiger partial charge in [0.1, 0.15) is 10.3 Å². The van der Waals surface area contributed by atoms with Gasteiger partial charge in [0.2, 0.25) is 0 Å². The number of benzene rings is 1. The molecule has 0 bridgehead atoms. The van der Waals surface area contributed by atoms with Crippen LogP contribution in [0.25, 0.3) is 22.4 Å². The van der Waals surface area contributed by atoms with Crippen molar-refractivity contribution >= 4 is 39.1 Å². The molecule has 21 heavy (non-hydrogen) atoms. The van der Waals surface area contributed by atoms with Gasteiger partial charge in [0.15, 0.2) is 5.82 Å². The predicted molar refractivity (Wildman–Crippen MR) is 92.0 cm³/mol. The highest BCUT2D eigenvalue weighted by atomic mass is 79.9. The van der Waals surface area contributed by atoms with E-state index >= 15 is 0 Å². The van der Waals surface area contributed by atoms with Crippen LogP contribution in [-0.4, -0.2) is 15.0 Å². The molecule has 3 aromatic rings. The highest BCUT2D eigenvalue weighted by Gasteiger charge is 2.10. The largest absolute Gasteiger partial charge is 0.341 e. The summed E-state index contributed by atoms with van der Waals surface area (Å²) in [5, 5.41) is 1.16. The summed E-state index contributed by atoms with van der Waals surface area (Å²) >= 11 is 8.80. The van der Waals surface area contributed by atoms with Gasteiger partial charge in [-0.3, -0.25) is 0 Å². The monoisotopic (exact) mass is 359 g/mol. The standard InChI is InChI=1S/C16H14BrN3S/c1-3-11-14(17)16(21)20-15(19-11)13-8-9(2)10-6-4-5-7-12(10)18-13/h4-8H,3H2,1-2H3,(H,19,20,21). The van der Waals surface area contributed by atoms with Crippen LogP contribution in [0.1, 0.15) is 18.2 Å². The van der Waals surface area contributed by atoms with Crippen LogP contribution in [0.4, 0.5) is 0 Å². The SMILES string of the molecule is CCc1[nH]c(-c2cc(C)c3ccccc3n2)nc(=S)c1Br. The lowest BCUT2D eigenvalue weighted by atomic mass is 10.1. The fourth-order valence-corrected chi connectivity index (χ4v) is 3.02. The Balaban J connectivity index is 2.26. The lowest BCUT2D eigenvalue weighted by molar-refractivity contribution is 0.978. The summed E-state index contributed by atoms with van der Waals surface area (Å²) in [4.78, 5) is 12.5. The van der Waals surface area contributed by atoms with Crippen molar-refractivity contribution in [3.05, 3.63) is 50.7 Å². The number of halogens is 1. The molecular weight excluding hydrogens is 346 g/mol. The van der Waals surface area contributed by atoms with Crippen LogP contribution in [0.2, 0.25) is 0 Å². The molecule has 1 aromatic carbocycles.